The Hall–Kier alpha value is -2.82. The summed E-state index contributed by atoms with van der Waals surface area (Å²) < 4.78 is 4.51. The summed E-state index contributed by atoms with van der Waals surface area (Å²) in [6, 6.07) is 14.6. The molecule has 2 rings (SSSR count). The molecule has 114 valence electrons. The van der Waals surface area contributed by atoms with Crippen LogP contribution >= 0.6 is 0 Å². The van der Waals surface area contributed by atoms with Crippen LogP contribution in [-0.4, -0.2) is 19.1 Å². The highest BCUT2D eigenvalue weighted by molar-refractivity contribution is 5.94. The average molecular weight is 298 g/mol. The predicted molar refractivity (Wildman–Crippen MR) is 84.8 cm³/mol. The summed E-state index contributed by atoms with van der Waals surface area (Å²) in [7, 11) is 1.31. The van der Waals surface area contributed by atoms with Crippen molar-refractivity contribution in [3.63, 3.8) is 0 Å². The van der Waals surface area contributed by atoms with E-state index >= 15 is 0 Å². The van der Waals surface area contributed by atoms with Crippen LogP contribution in [0.1, 0.15) is 21.5 Å². The third kappa shape index (κ3) is 4.34. The molecule has 2 amide bonds. The zero-order valence-electron chi connectivity index (χ0n) is 12.6. The van der Waals surface area contributed by atoms with Crippen LogP contribution in [-0.2, 0) is 11.3 Å². The molecule has 0 fully saturated rings. The van der Waals surface area contributed by atoms with Crippen LogP contribution in [0, 0.1) is 6.92 Å². The number of aryl methyl sites for hydroxylation is 1. The fraction of sp³-hybridized carbons (Fsp3) is 0.176. The van der Waals surface area contributed by atoms with E-state index in [0.717, 1.165) is 11.1 Å². The molecule has 0 atom stereocenters. The van der Waals surface area contributed by atoms with Crippen molar-refractivity contribution in [2.75, 3.05) is 12.4 Å². The monoisotopic (exact) mass is 298 g/mol. The molecule has 2 aromatic rings. The lowest BCUT2D eigenvalue weighted by molar-refractivity contribution is 0.0951. The Labute approximate surface area is 129 Å². The number of benzene rings is 2. The molecule has 0 saturated carbocycles. The number of carbonyl (C=O) groups is 2. The standard InChI is InChI=1S/C17H18N2O3/c1-12-3-7-14(8-4-12)16(20)18-11-13-5-9-15(10-6-13)19-17(21)22-2/h3-10H,11H2,1-2H3,(H,18,20)(H,19,21). The summed E-state index contributed by atoms with van der Waals surface area (Å²) in [5.41, 5.74) is 3.33. The van der Waals surface area contributed by atoms with Crippen LogP contribution < -0.4 is 10.6 Å². The second-order valence-electron chi connectivity index (χ2n) is 4.86. The molecule has 5 heteroatoms. The van der Waals surface area contributed by atoms with Crippen molar-refractivity contribution in [1.82, 2.24) is 5.32 Å². The van der Waals surface area contributed by atoms with Gasteiger partial charge in [-0.2, -0.15) is 0 Å². The van der Waals surface area contributed by atoms with Crippen molar-refractivity contribution in [1.29, 1.82) is 0 Å². The zero-order valence-corrected chi connectivity index (χ0v) is 12.6. The number of rotatable bonds is 4. The molecule has 0 bridgehead atoms. The predicted octanol–water partition coefficient (Wildman–Crippen LogP) is 3.10. The van der Waals surface area contributed by atoms with E-state index in [1.807, 2.05) is 31.2 Å². The third-order valence-electron chi connectivity index (χ3n) is 3.15. The summed E-state index contributed by atoms with van der Waals surface area (Å²) in [5.74, 6) is -0.114. The molecule has 2 N–H and O–H groups in total. The van der Waals surface area contributed by atoms with Gasteiger partial charge in [0.15, 0.2) is 0 Å². The number of nitrogens with one attached hydrogen (secondary N) is 2. The van der Waals surface area contributed by atoms with Gasteiger partial charge in [-0.25, -0.2) is 4.79 Å². The molecule has 5 nitrogen and oxygen atoms in total. The summed E-state index contributed by atoms with van der Waals surface area (Å²) in [6.45, 7) is 2.40. The highest BCUT2D eigenvalue weighted by Gasteiger charge is 2.05. The van der Waals surface area contributed by atoms with Gasteiger partial charge in [0.25, 0.3) is 5.91 Å². The van der Waals surface area contributed by atoms with Gasteiger partial charge in [0.2, 0.25) is 0 Å². The SMILES string of the molecule is COC(=O)Nc1ccc(CNC(=O)c2ccc(C)cc2)cc1. The van der Waals surface area contributed by atoms with Crippen LogP contribution in [0.5, 0.6) is 0 Å². The highest BCUT2D eigenvalue weighted by Crippen LogP contribution is 2.10. The summed E-state index contributed by atoms with van der Waals surface area (Å²) in [6.07, 6.45) is -0.513. The number of carbonyl (C=O) groups excluding carboxylic acids is 2. The number of methoxy groups -OCH3 is 1. The smallest absolute Gasteiger partial charge is 0.411 e. The summed E-state index contributed by atoms with van der Waals surface area (Å²) in [5, 5.41) is 5.42. The van der Waals surface area contributed by atoms with Gasteiger partial charge in [0.05, 0.1) is 7.11 Å². The van der Waals surface area contributed by atoms with Gasteiger partial charge in [0.1, 0.15) is 0 Å². The van der Waals surface area contributed by atoms with Gasteiger partial charge in [-0.15, -0.1) is 0 Å². The van der Waals surface area contributed by atoms with Gasteiger partial charge in [-0.1, -0.05) is 29.8 Å². The first-order valence-electron chi connectivity index (χ1n) is 6.87. The summed E-state index contributed by atoms with van der Waals surface area (Å²) >= 11 is 0. The van der Waals surface area contributed by atoms with Crippen LogP contribution in [0.4, 0.5) is 10.5 Å². The number of hydrogen-bond acceptors (Lipinski definition) is 3. The van der Waals surface area contributed by atoms with Crippen molar-refractivity contribution in [2.45, 2.75) is 13.5 Å². The molecule has 0 aliphatic rings. The molecular formula is C17H18N2O3. The van der Waals surface area contributed by atoms with Gasteiger partial charge >= 0.3 is 6.09 Å². The Morgan fingerprint density at radius 2 is 1.64 bits per heavy atom. The molecular weight excluding hydrogens is 280 g/mol. The molecule has 0 radical (unpaired) electrons. The van der Waals surface area contributed by atoms with E-state index in [2.05, 4.69) is 15.4 Å². The molecule has 0 unspecified atom stereocenters. The molecule has 0 aliphatic carbocycles. The van der Waals surface area contributed by atoms with E-state index in [9.17, 15) is 9.59 Å². The molecule has 0 spiro atoms. The van der Waals surface area contributed by atoms with E-state index in [4.69, 9.17) is 0 Å². The zero-order chi connectivity index (χ0) is 15.9. The fourth-order valence-corrected chi connectivity index (χ4v) is 1.86. The number of hydrogen-bond donors (Lipinski definition) is 2. The molecule has 0 aromatic heterocycles. The van der Waals surface area contributed by atoms with Crippen molar-refractivity contribution in [3.8, 4) is 0 Å². The molecule has 0 aliphatic heterocycles. The maximum atomic E-state index is 12.0. The third-order valence-corrected chi connectivity index (χ3v) is 3.15. The van der Waals surface area contributed by atoms with Gasteiger partial charge < -0.3 is 10.1 Å². The lowest BCUT2D eigenvalue weighted by Crippen LogP contribution is -2.22. The second-order valence-corrected chi connectivity index (χ2v) is 4.86. The number of anilines is 1. The van der Waals surface area contributed by atoms with E-state index in [-0.39, 0.29) is 5.91 Å². The van der Waals surface area contributed by atoms with Crippen LogP contribution in [0.2, 0.25) is 0 Å². The van der Waals surface area contributed by atoms with Crippen LogP contribution in [0.15, 0.2) is 48.5 Å². The van der Waals surface area contributed by atoms with Crippen molar-refractivity contribution < 1.29 is 14.3 Å². The normalized spacial score (nSPS) is 9.91. The Kier molecular flexibility index (Phi) is 5.14. The minimum absolute atomic E-state index is 0.114. The number of ether oxygens (including phenoxy) is 1. The minimum Gasteiger partial charge on any atom is -0.453 e. The van der Waals surface area contributed by atoms with E-state index in [1.165, 1.54) is 7.11 Å². The van der Waals surface area contributed by atoms with E-state index in [0.29, 0.717) is 17.8 Å². The summed E-state index contributed by atoms with van der Waals surface area (Å²) in [4.78, 5) is 23.1. The maximum absolute atomic E-state index is 12.0. The lowest BCUT2D eigenvalue weighted by Gasteiger charge is -2.07. The van der Waals surface area contributed by atoms with E-state index < -0.39 is 6.09 Å². The Balaban J connectivity index is 1.90. The fourth-order valence-electron chi connectivity index (χ4n) is 1.86. The van der Waals surface area contributed by atoms with E-state index in [1.54, 1.807) is 24.3 Å². The second kappa shape index (κ2) is 7.26. The van der Waals surface area contributed by atoms with Crippen molar-refractivity contribution >= 4 is 17.7 Å². The largest absolute Gasteiger partial charge is 0.453 e. The minimum atomic E-state index is -0.513. The quantitative estimate of drug-likeness (QED) is 0.911. The molecule has 2 aromatic carbocycles. The molecule has 0 saturated heterocycles. The van der Waals surface area contributed by atoms with Crippen molar-refractivity contribution in [3.05, 3.63) is 65.2 Å². The molecule has 0 heterocycles. The Morgan fingerprint density at radius 3 is 2.23 bits per heavy atom. The van der Waals surface area contributed by atoms with Crippen LogP contribution in [0.3, 0.4) is 0 Å². The van der Waals surface area contributed by atoms with Gasteiger partial charge in [-0.05, 0) is 36.8 Å². The topological polar surface area (TPSA) is 67.4 Å². The highest BCUT2D eigenvalue weighted by atomic mass is 16.5. The van der Waals surface area contributed by atoms with Crippen molar-refractivity contribution in [2.24, 2.45) is 0 Å². The van der Waals surface area contributed by atoms with Gasteiger partial charge in [-0.3, -0.25) is 10.1 Å². The molecule has 22 heavy (non-hydrogen) atoms. The maximum Gasteiger partial charge on any atom is 0.411 e. The average Bonchev–Trinajstić information content (AvgIpc) is 2.54. The first-order valence-corrected chi connectivity index (χ1v) is 6.87. The van der Waals surface area contributed by atoms with Crippen LogP contribution in [0.25, 0.3) is 0 Å². The first-order chi connectivity index (χ1) is 10.6. The van der Waals surface area contributed by atoms with Gasteiger partial charge in [0, 0.05) is 17.8 Å². The Morgan fingerprint density at radius 1 is 1.00 bits per heavy atom. The lowest BCUT2D eigenvalue weighted by atomic mass is 10.1. The number of amides is 2. The first kappa shape index (κ1) is 15.6. The Bertz CT molecular complexity index is 649.